The molecule has 0 amide bonds. The zero-order chi connectivity index (χ0) is 12.0. The van der Waals surface area contributed by atoms with Crippen LogP contribution in [0.1, 0.15) is 4.88 Å². The summed E-state index contributed by atoms with van der Waals surface area (Å²) in [6.45, 7) is 1.04. The normalized spacial score (nSPS) is 12.2. The fourth-order valence-electron chi connectivity index (χ4n) is 1.15. The maximum absolute atomic E-state index is 11.7. The van der Waals surface area contributed by atoms with E-state index in [2.05, 4.69) is 0 Å². The van der Waals surface area contributed by atoms with Gasteiger partial charge >= 0.3 is 0 Å². The lowest BCUT2D eigenvalue weighted by Gasteiger charge is -2.19. The number of hydrogen-bond donors (Lipinski definition) is 0. The number of alkyl halides is 1. The SMILES string of the molecule is COCCN(Cc1cccs1)S(=O)(=O)CCl. The summed E-state index contributed by atoms with van der Waals surface area (Å²) in [5, 5.41) is 1.51. The predicted molar refractivity (Wildman–Crippen MR) is 66.2 cm³/mol. The molecule has 0 N–H and O–H groups in total. The molecule has 0 fully saturated rings. The third-order valence-corrected chi connectivity index (χ3v) is 5.05. The highest BCUT2D eigenvalue weighted by Gasteiger charge is 2.21. The molecule has 0 saturated heterocycles. The summed E-state index contributed by atoms with van der Waals surface area (Å²) in [6.07, 6.45) is 0. The molecule has 1 aromatic heterocycles. The average molecular weight is 284 g/mol. The molecule has 16 heavy (non-hydrogen) atoms. The van der Waals surface area contributed by atoms with Gasteiger partial charge in [-0.05, 0) is 11.4 Å². The molecule has 0 radical (unpaired) electrons. The van der Waals surface area contributed by atoms with Crippen molar-refractivity contribution < 1.29 is 13.2 Å². The zero-order valence-electron chi connectivity index (χ0n) is 8.93. The fraction of sp³-hybridized carbons (Fsp3) is 0.556. The Hall–Kier alpha value is -0.140. The van der Waals surface area contributed by atoms with Gasteiger partial charge in [0.25, 0.3) is 0 Å². The fourth-order valence-corrected chi connectivity index (χ4v) is 3.20. The summed E-state index contributed by atoms with van der Waals surface area (Å²) in [7, 11) is -1.84. The minimum atomic E-state index is -3.38. The van der Waals surface area contributed by atoms with Crippen LogP contribution in [0.25, 0.3) is 0 Å². The Morgan fingerprint density at radius 2 is 2.31 bits per heavy atom. The molecule has 92 valence electrons. The molecule has 0 aliphatic rings. The van der Waals surface area contributed by atoms with E-state index in [0.29, 0.717) is 19.7 Å². The monoisotopic (exact) mass is 283 g/mol. The van der Waals surface area contributed by atoms with Crippen molar-refractivity contribution >= 4 is 33.0 Å². The lowest BCUT2D eigenvalue weighted by molar-refractivity contribution is 0.178. The molecule has 0 aliphatic heterocycles. The van der Waals surface area contributed by atoms with Crippen molar-refractivity contribution in [2.24, 2.45) is 0 Å². The molecule has 0 saturated carbocycles. The number of thiophene rings is 1. The number of hydrogen-bond acceptors (Lipinski definition) is 4. The van der Waals surface area contributed by atoms with Gasteiger partial charge in [0.05, 0.1) is 6.61 Å². The molecule has 0 spiro atoms. The Balaban J connectivity index is 2.72. The zero-order valence-corrected chi connectivity index (χ0v) is 11.3. The van der Waals surface area contributed by atoms with Gasteiger partial charge in [0.1, 0.15) is 5.21 Å². The van der Waals surface area contributed by atoms with E-state index in [0.717, 1.165) is 4.88 Å². The Kier molecular flexibility index (Phi) is 5.71. The van der Waals surface area contributed by atoms with E-state index in [4.69, 9.17) is 16.3 Å². The highest BCUT2D eigenvalue weighted by Crippen LogP contribution is 2.15. The van der Waals surface area contributed by atoms with E-state index < -0.39 is 15.2 Å². The van der Waals surface area contributed by atoms with E-state index in [1.165, 1.54) is 22.8 Å². The van der Waals surface area contributed by atoms with Crippen molar-refractivity contribution in [2.45, 2.75) is 6.54 Å². The van der Waals surface area contributed by atoms with Gasteiger partial charge in [-0.1, -0.05) is 6.07 Å². The number of sulfonamides is 1. The largest absolute Gasteiger partial charge is 0.383 e. The van der Waals surface area contributed by atoms with Crippen LogP contribution in [-0.2, 0) is 21.3 Å². The molecule has 0 unspecified atom stereocenters. The Morgan fingerprint density at radius 1 is 1.56 bits per heavy atom. The quantitative estimate of drug-likeness (QED) is 0.716. The maximum atomic E-state index is 11.7. The first-order chi connectivity index (χ1) is 7.60. The van der Waals surface area contributed by atoms with Crippen LogP contribution >= 0.6 is 22.9 Å². The second-order valence-electron chi connectivity index (χ2n) is 3.13. The smallest absolute Gasteiger partial charge is 0.228 e. The van der Waals surface area contributed by atoms with Gasteiger partial charge in [0.15, 0.2) is 0 Å². The summed E-state index contributed by atoms with van der Waals surface area (Å²) in [5.74, 6) is 0. The molecule has 0 aromatic carbocycles. The third-order valence-electron chi connectivity index (χ3n) is 1.99. The Bertz CT molecular complexity index is 391. The highest BCUT2D eigenvalue weighted by atomic mass is 35.5. The standard InChI is InChI=1S/C9H14ClNO3S2/c1-14-5-4-11(16(12,13)8-10)7-9-3-2-6-15-9/h2-3,6H,4-5,7-8H2,1H3. The van der Waals surface area contributed by atoms with Crippen molar-refractivity contribution in [2.75, 3.05) is 25.5 Å². The van der Waals surface area contributed by atoms with Crippen LogP contribution in [0.2, 0.25) is 0 Å². The maximum Gasteiger partial charge on any atom is 0.228 e. The van der Waals surface area contributed by atoms with Crippen LogP contribution in [0.4, 0.5) is 0 Å². The van der Waals surface area contributed by atoms with Gasteiger partial charge in [-0.25, -0.2) is 8.42 Å². The van der Waals surface area contributed by atoms with Gasteiger partial charge in [0, 0.05) is 25.1 Å². The highest BCUT2D eigenvalue weighted by molar-refractivity contribution is 7.90. The van der Waals surface area contributed by atoms with Crippen LogP contribution in [0, 0.1) is 0 Å². The van der Waals surface area contributed by atoms with Crippen molar-refractivity contribution in [1.29, 1.82) is 0 Å². The van der Waals surface area contributed by atoms with Crippen molar-refractivity contribution in [3.8, 4) is 0 Å². The first kappa shape index (κ1) is 13.9. The molecule has 7 heteroatoms. The molecule has 1 heterocycles. The second kappa shape index (κ2) is 6.56. The number of halogens is 1. The number of rotatable bonds is 7. The van der Waals surface area contributed by atoms with E-state index in [9.17, 15) is 8.42 Å². The summed E-state index contributed by atoms with van der Waals surface area (Å²) < 4.78 is 29.6. The minimum Gasteiger partial charge on any atom is -0.383 e. The third kappa shape index (κ3) is 4.03. The molecule has 4 nitrogen and oxygen atoms in total. The van der Waals surface area contributed by atoms with E-state index >= 15 is 0 Å². The van der Waals surface area contributed by atoms with Crippen LogP contribution in [0.15, 0.2) is 17.5 Å². The predicted octanol–water partition coefficient (Wildman–Crippen LogP) is 1.72. The molecular formula is C9H14ClNO3S2. The molecule has 0 atom stereocenters. The molecule has 0 aliphatic carbocycles. The average Bonchev–Trinajstić information content (AvgIpc) is 2.76. The lowest BCUT2D eigenvalue weighted by atomic mass is 10.4. The summed E-state index contributed by atoms with van der Waals surface area (Å²) in [5.41, 5.74) is 0. The first-order valence-electron chi connectivity index (χ1n) is 4.65. The summed E-state index contributed by atoms with van der Waals surface area (Å²) in [6, 6.07) is 3.79. The van der Waals surface area contributed by atoms with Gasteiger partial charge in [-0.3, -0.25) is 0 Å². The van der Waals surface area contributed by atoms with Crippen molar-refractivity contribution in [1.82, 2.24) is 4.31 Å². The Labute approximate surface area is 105 Å². The van der Waals surface area contributed by atoms with Crippen LogP contribution in [0.3, 0.4) is 0 Å². The minimum absolute atomic E-state index is 0.323. The molecule has 1 aromatic rings. The van der Waals surface area contributed by atoms with Crippen LogP contribution in [-0.4, -0.2) is 38.2 Å². The number of methoxy groups -OCH3 is 1. The summed E-state index contributed by atoms with van der Waals surface area (Å²) >= 11 is 6.96. The lowest BCUT2D eigenvalue weighted by Crippen LogP contribution is -2.33. The topological polar surface area (TPSA) is 46.6 Å². The first-order valence-corrected chi connectivity index (χ1v) is 7.67. The molecular weight excluding hydrogens is 270 g/mol. The van der Waals surface area contributed by atoms with Crippen molar-refractivity contribution in [3.05, 3.63) is 22.4 Å². The van der Waals surface area contributed by atoms with Crippen molar-refractivity contribution in [3.63, 3.8) is 0 Å². The Morgan fingerprint density at radius 3 is 2.81 bits per heavy atom. The van der Waals surface area contributed by atoms with Gasteiger partial charge in [-0.2, -0.15) is 4.31 Å². The second-order valence-corrected chi connectivity index (χ2v) is 6.71. The van der Waals surface area contributed by atoms with Crippen LogP contribution < -0.4 is 0 Å². The van der Waals surface area contributed by atoms with Gasteiger partial charge in [-0.15, -0.1) is 22.9 Å². The van der Waals surface area contributed by atoms with Gasteiger partial charge in [0.2, 0.25) is 10.0 Å². The van der Waals surface area contributed by atoms with Crippen LogP contribution in [0.5, 0.6) is 0 Å². The summed E-state index contributed by atoms with van der Waals surface area (Å²) in [4.78, 5) is 0.991. The van der Waals surface area contributed by atoms with E-state index in [1.807, 2.05) is 17.5 Å². The number of ether oxygens (including phenoxy) is 1. The van der Waals surface area contributed by atoms with Gasteiger partial charge < -0.3 is 4.74 Å². The van der Waals surface area contributed by atoms with E-state index in [-0.39, 0.29) is 0 Å². The molecule has 0 bridgehead atoms. The van der Waals surface area contributed by atoms with E-state index in [1.54, 1.807) is 0 Å². The molecule has 1 rings (SSSR count). The number of nitrogens with zero attached hydrogens (tertiary/aromatic N) is 1.